The Balaban J connectivity index is 0.00000324. The zero-order valence-electron chi connectivity index (χ0n) is 9.27. The van der Waals surface area contributed by atoms with Gasteiger partial charge in [-0.15, -0.1) is 12.4 Å². The smallest absolute Gasteiger partial charge is 0.416 e. The quantitative estimate of drug-likeness (QED) is 0.841. The van der Waals surface area contributed by atoms with E-state index in [-0.39, 0.29) is 23.7 Å². The van der Waals surface area contributed by atoms with Gasteiger partial charge in [-0.05, 0) is 17.7 Å². The topological polar surface area (TPSA) is 55.5 Å². The highest BCUT2D eigenvalue weighted by atomic mass is 35.5. The van der Waals surface area contributed by atoms with Crippen LogP contribution in [0.1, 0.15) is 11.6 Å². The van der Waals surface area contributed by atoms with Crippen molar-refractivity contribution < 1.29 is 31.8 Å². The Hall–Kier alpha value is -1.12. The molecule has 2 atom stereocenters. The number of aliphatic hydroxyl groups excluding tert-OH is 1. The van der Waals surface area contributed by atoms with Gasteiger partial charge in [0.05, 0.1) is 6.04 Å². The highest BCUT2D eigenvalue weighted by Crippen LogP contribution is 2.30. The second-order valence-corrected chi connectivity index (χ2v) is 3.46. The third-order valence-electron chi connectivity index (χ3n) is 2.14. The summed E-state index contributed by atoms with van der Waals surface area (Å²) in [4.78, 5) is 0. The number of nitrogens with two attached hydrogens (primary N) is 1. The monoisotopic (exact) mass is 307 g/mol. The van der Waals surface area contributed by atoms with Crippen LogP contribution in [0, 0.1) is 0 Å². The molecule has 0 saturated heterocycles. The lowest BCUT2D eigenvalue weighted by atomic mass is 10.0. The standard InChI is InChI=1S/C10H10F5NO2.ClH/c11-9(12)18-6-3-1-2-5(4-6)7(16)8(17)10(13,14)15;/h1-4,7-9,17H,16H2;1H/t7-,8-;/m1./s1. The molecule has 1 aromatic carbocycles. The van der Waals surface area contributed by atoms with Gasteiger partial charge in [0.25, 0.3) is 0 Å². The van der Waals surface area contributed by atoms with E-state index in [9.17, 15) is 22.0 Å². The SMILES string of the molecule is Cl.N[C@H](c1cccc(OC(F)F)c1)[C@@H](O)C(F)(F)F. The molecule has 0 radical (unpaired) electrons. The number of halogens is 6. The Kier molecular flexibility index (Phi) is 6.47. The molecular formula is C10H11ClF5NO2. The van der Waals surface area contributed by atoms with Gasteiger partial charge < -0.3 is 15.6 Å². The van der Waals surface area contributed by atoms with E-state index in [1.165, 1.54) is 12.1 Å². The lowest BCUT2D eigenvalue weighted by molar-refractivity contribution is -0.210. The van der Waals surface area contributed by atoms with Gasteiger partial charge >= 0.3 is 12.8 Å². The summed E-state index contributed by atoms with van der Waals surface area (Å²) >= 11 is 0. The number of hydrogen-bond donors (Lipinski definition) is 2. The van der Waals surface area contributed by atoms with E-state index < -0.39 is 24.9 Å². The summed E-state index contributed by atoms with van der Waals surface area (Å²) in [5.74, 6) is -0.327. The highest BCUT2D eigenvalue weighted by Gasteiger charge is 2.42. The number of rotatable bonds is 4. The van der Waals surface area contributed by atoms with E-state index in [1.54, 1.807) is 0 Å². The third-order valence-corrected chi connectivity index (χ3v) is 2.14. The Morgan fingerprint density at radius 3 is 2.26 bits per heavy atom. The molecule has 0 aliphatic carbocycles. The molecule has 3 N–H and O–H groups in total. The summed E-state index contributed by atoms with van der Waals surface area (Å²) in [5.41, 5.74) is 5.06. The van der Waals surface area contributed by atoms with Gasteiger partial charge in [0.15, 0.2) is 6.10 Å². The molecule has 0 saturated carbocycles. The van der Waals surface area contributed by atoms with Crippen molar-refractivity contribution in [2.45, 2.75) is 24.9 Å². The first-order valence-electron chi connectivity index (χ1n) is 4.77. The molecule has 9 heteroatoms. The van der Waals surface area contributed by atoms with Crippen molar-refractivity contribution in [3.63, 3.8) is 0 Å². The largest absolute Gasteiger partial charge is 0.435 e. The van der Waals surface area contributed by atoms with Crippen LogP contribution in [0.5, 0.6) is 5.75 Å². The Morgan fingerprint density at radius 2 is 1.79 bits per heavy atom. The van der Waals surface area contributed by atoms with Gasteiger partial charge in [-0.25, -0.2) is 0 Å². The van der Waals surface area contributed by atoms with Crippen molar-refractivity contribution >= 4 is 12.4 Å². The molecule has 19 heavy (non-hydrogen) atoms. The Bertz CT molecular complexity index is 402. The van der Waals surface area contributed by atoms with Gasteiger partial charge in [0.1, 0.15) is 5.75 Å². The van der Waals surface area contributed by atoms with Crippen LogP contribution in [0.4, 0.5) is 22.0 Å². The molecular weight excluding hydrogens is 297 g/mol. The van der Waals surface area contributed by atoms with Crippen LogP contribution < -0.4 is 10.5 Å². The fraction of sp³-hybridized carbons (Fsp3) is 0.400. The summed E-state index contributed by atoms with van der Waals surface area (Å²) in [7, 11) is 0. The number of hydrogen-bond acceptors (Lipinski definition) is 3. The zero-order chi connectivity index (χ0) is 13.9. The van der Waals surface area contributed by atoms with Crippen molar-refractivity contribution in [2.24, 2.45) is 5.73 Å². The molecule has 110 valence electrons. The third kappa shape index (κ3) is 5.17. The minimum Gasteiger partial charge on any atom is -0.435 e. The van der Waals surface area contributed by atoms with E-state index >= 15 is 0 Å². The van der Waals surface area contributed by atoms with Crippen molar-refractivity contribution in [1.82, 2.24) is 0 Å². The molecule has 0 heterocycles. The zero-order valence-corrected chi connectivity index (χ0v) is 10.1. The molecule has 0 fully saturated rings. The van der Waals surface area contributed by atoms with Crippen molar-refractivity contribution in [2.75, 3.05) is 0 Å². The maximum Gasteiger partial charge on any atom is 0.416 e. The average molecular weight is 308 g/mol. The summed E-state index contributed by atoms with van der Waals surface area (Å²) < 4.78 is 64.5. The molecule has 3 nitrogen and oxygen atoms in total. The summed E-state index contributed by atoms with van der Waals surface area (Å²) in [5, 5.41) is 8.94. The second-order valence-electron chi connectivity index (χ2n) is 3.46. The van der Waals surface area contributed by atoms with Crippen LogP contribution in [0.15, 0.2) is 24.3 Å². The molecule has 0 spiro atoms. The van der Waals surface area contributed by atoms with E-state index in [1.807, 2.05) is 0 Å². The molecule has 1 aromatic rings. The number of aliphatic hydroxyl groups is 1. The van der Waals surface area contributed by atoms with Gasteiger partial charge in [-0.3, -0.25) is 0 Å². The summed E-state index contributed by atoms with van der Waals surface area (Å²) in [6, 6.07) is 2.67. The van der Waals surface area contributed by atoms with Crippen molar-refractivity contribution in [1.29, 1.82) is 0 Å². The molecule has 0 aromatic heterocycles. The average Bonchev–Trinajstić information content (AvgIpc) is 2.25. The summed E-state index contributed by atoms with van der Waals surface area (Å²) in [6.45, 7) is -3.09. The first-order valence-corrected chi connectivity index (χ1v) is 4.77. The van der Waals surface area contributed by atoms with E-state index in [0.29, 0.717) is 0 Å². The molecule has 0 bridgehead atoms. The molecule has 0 amide bonds. The lowest BCUT2D eigenvalue weighted by Gasteiger charge is -2.22. The van der Waals surface area contributed by atoms with Crippen LogP contribution >= 0.6 is 12.4 Å². The second kappa shape index (κ2) is 6.88. The predicted molar refractivity (Wildman–Crippen MR) is 59.3 cm³/mol. The number of benzene rings is 1. The van der Waals surface area contributed by atoms with Gasteiger partial charge in [0.2, 0.25) is 0 Å². The molecule has 0 unspecified atom stereocenters. The summed E-state index contributed by atoms with van der Waals surface area (Å²) in [6.07, 6.45) is -7.67. The van der Waals surface area contributed by atoms with Crippen LogP contribution in [0.25, 0.3) is 0 Å². The maximum atomic E-state index is 12.2. The lowest BCUT2D eigenvalue weighted by Crippen LogP contribution is -2.38. The van der Waals surface area contributed by atoms with Crippen LogP contribution in [-0.4, -0.2) is 24.0 Å². The van der Waals surface area contributed by atoms with E-state index in [4.69, 9.17) is 10.8 Å². The normalized spacial score (nSPS) is 14.7. The molecule has 1 rings (SSSR count). The minimum atomic E-state index is -4.89. The van der Waals surface area contributed by atoms with Gasteiger partial charge in [-0.2, -0.15) is 22.0 Å². The highest BCUT2D eigenvalue weighted by molar-refractivity contribution is 5.85. The van der Waals surface area contributed by atoms with Crippen LogP contribution in [0.2, 0.25) is 0 Å². The van der Waals surface area contributed by atoms with Gasteiger partial charge in [0, 0.05) is 0 Å². The maximum absolute atomic E-state index is 12.2. The molecule has 0 aliphatic rings. The molecule has 0 aliphatic heterocycles. The van der Waals surface area contributed by atoms with E-state index in [0.717, 1.165) is 12.1 Å². The predicted octanol–water partition coefficient (Wildman–Crippen LogP) is 2.63. The van der Waals surface area contributed by atoms with Crippen molar-refractivity contribution in [3.8, 4) is 5.75 Å². The Labute approximate surface area is 111 Å². The first-order chi connectivity index (χ1) is 8.21. The van der Waals surface area contributed by atoms with Crippen molar-refractivity contribution in [3.05, 3.63) is 29.8 Å². The van der Waals surface area contributed by atoms with E-state index in [2.05, 4.69) is 4.74 Å². The fourth-order valence-corrected chi connectivity index (χ4v) is 1.28. The number of alkyl halides is 5. The number of ether oxygens (including phenoxy) is 1. The van der Waals surface area contributed by atoms with Gasteiger partial charge in [-0.1, -0.05) is 12.1 Å². The van der Waals surface area contributed by atoms with Crippen LogP contribution in [-0.2, 0) is 0 Å². The first kappa shape index (κ1) is 17.9. The minimum absolute atomic E-state index is 0. The Morgan fingerprint density at radius 1 is 1.21 bits per heavy atom. The van der Waals surface area contributed by atoms with Crippen LogP contribution in [0.3, 0.4) is 0 Å². The fourth-order valence-electron chi connectivity index (χ4n) is 1.28.